The number of hydrogen-bond acceptors (Lipinski definition) is 3. The van der Waals surface area contributed by atoms with Gasteiger partial charge in [0.15, 0.2) is 0 Å². The molecule has 102 valence electrons. The lowest BCUT2D eigenvalue weighted by Crippen LogP contribution is -2.24. The Morgan fingerprint density at radius 3 is 2.79 bits per heavy atom. The maximum Gasteiger partial charge on any atom is 0.141 e. The number of benzene rings is 1. The Morgan fingerprint density at radius 2 is 2.16 bits per heavy atom. The molecular formula is C14H15ClFNOS. The van der Waals surface area contributed by atoms with E-state index in [-0.39, 0.29) is 11.1 Å². The molecule has 1 heterocycles. The first kappa shape index (κ1) is 14.5. The van der Waals surface area contributed by atoms with E-state index in [1.165, 1.54) is 6.07 Å². The summed E-state index contributed by atoms with van der Waals surface area (Å²) in [4.78, 5) is 0. The highest BCUT2D eigenvalue weighted by Gasteiger charge is 2.12. The molecular weight excluding hydrogens is 285 g/mol. The van der Waals surface area contributed by atoms with E-state index < -0.39 is 11.9 Å². The molecule has 0 aliphatic rings. The highest BCUT2D eigenvalue weighted by Crippen LogP contribution is 2.21. The minimum atomic E-state index is -0.537. The summed E-state index contributed by atoms with van der Waals surface area (Å²) in [5.41, 5.74) is 1.80. The molecule has 0 fully saturated rings. The number of halogens is 2. The number of rotatable bonds is 5. The number of aliphatic hydroxyl groups excluding tert-OH is 1. The van der Waals surface area contributed by atoms with Crippen molar-refractivity contribution in [3.05, 3.63) is 57.0 Å². The van der Waals surface area contributed by atoms with Gasteiger partial charge in [0.25, 0.3) is 0 Å². The van der Waals surface area contributed by atoms with Gasteiger partial charge in [0.05, 0.1) is 11.1 Å². The summed E-state index contributed by atoms with van der Waals surface area (Å²) < 4.78 is 13.1. The monoisotopic (exact) mass is 299 g/mol. The van der Waals surface area contributed by atoms with Crippen LogP contribution in [-0.2, 0) is 0 Å². The molecule has 2 atom stereocenters. The SMILES string of the molecule is CC(NCC(O)c1ccsc1)c1ccc(F)c(Cl)c1. The highest BCUT2D eigenvalue weighted by atomic mass is 35.5. The second kappa shape index (κ2) is 6.48. The second-order valence-electron chi connectivity index (χ2n) is 4.38. The summed E-state index contributed by atoms with van der Waals surface area (Å²) in [5, 5.41) is 17.1. The van der Waals surface area contributed by atoms with Gasteiger partial charge in [0.2, 0.25) is 0 Å². The molecule has 2 rings (SSSR count). The van der Waals surface area contributed by atoms with E-state index in [1.807, 2.05) is 23.8 Å². The minimum absolute atomic E-state index is 0.00798. The van der Waals surface area contributed by atoms with Gasteiger partial charge in [-0.1, -0.05) is 17.7 Å². The Kier molecular flexibility index (Phi) is 4.93. The first-order chi connectivity index (χ1) is 9.08. The smallest absolute Gasteiger partial charge is 0.141 e. The van der Waals surface area contributed by atoms with Gasteiger partial charge >= 0.3 is 0 Å². The van der Waals surface area contributed by atoms with Gasteiger partial charge in [-0.05, 0) is 47.0 Å². The lowest BCUT2D eigenvalue weighted by atomic mass is 10.1. The molecule has 5 heteroatoms. The summed E-state index contributed by atoms with van der Waals surface area (Å²) in [6.07, 6.45) is -0.537. The standard InChI is InChI=1S/C14H15ClFNOS/c1-9(10-2-3-13(16)12(15)6-10)17-7-14(18)11-4-5-19-8-11/h2-6,8-9,14,17-18H,7H2,1H3. The fourth-order valence-electron chi connectivity index (χ4n) is 1.77. The van der Waals surface area contributed by atoms with Gasteiger partial charge in [-0.15, -0.1) is 0 Å². The van der Waals surface area contributed by atoms with Crippen LogP contribution in [0.2, 0.25) is 5.02 Å². The minimum Gasteiger partial charge on any atom is -0.387 e. The molecule has 2 aromatic rings. The Bertz CT molecular complexity index is 532. The maximum absolute atomic E-state index is 13.1. The zero-order valence-electron chi connectivity index (χ0n) is 10.4. The third kappa shape index (κ3) is 3.76. The van der Waals surface area contributed by atoms with Crippen molar-refractivity contribution in [1.82, 2.24) is 5.32 Å². The fraction of sp³-hybridized carbons (Fsp3) is 0.286. The zero-order valence-corrected chi connectivity index (χ0v) is 12.0. The molecule has 1 aromatic heterocycles. The summed E-state index contributed by atoms with van der Waals surface area (Å²) in [7, 11) is 0. The summed E-state index contributed by atoms with van der Waals surface area (Å²) in [6, 6.07) is 6.54. The number of thiophene rings is 1. The van der Waals surface area contributed by atoms with Gasteiger partial charge in [-0.25, -0.2) is 4.39 Å². The summed E-state index contributed by atoms with van der Waals surface area (Å²) >= 11 is 7.31. The second-order valence-corrected chi connectivity index (χ2v) is 5.56. The van der Waals surface area contributed by atoms with Gasteiger partial charge in [-0.2, -0.15) is 11.3 Å². The van der Waals surface area contributed by atoms with Crippen molar-refractivity contribution in [3.8, 4) is 0 Å². The van der Waals surface area contributed by atoms with E-state index in [1.54, 1.807) is 23.5 Å². The molecule has 1 aromatic carbocycles. The lowest BCUT2D eigenvalue weighted by Gasteiger charge is -2.17. The zero-order chi connectivity index (χ0) is 13.8. The fourth-order valence-corrected chi connectivity index (χ4v) is 2.67. The van der Waals surface area contributed by atoms with E-state index in [0.29, 0.717) is 6.54 Å². The van der Waals surface area contributed by atoms with E-state index in [0.717, 1.165) is 11.1 Å². The van der Waals surface area contributed by atoms with Gasteiger partial charge in [0, 0.05) is 12.6 Å². The van der Waals surface area contributed by atoms with Crippen LogP contribution in [-0.4, -0.2) is 11.7 Å². The van der Waals surface area contributed by atoms with E-state index in [9.17, 15) is 9.50 Å². The molecule has 0 amide bonds. The largest absolute Gasteiger partial charge is 0.387 e. The third-order valence-corrected chi connectivity index (χ3v) is 3.98. The molecule has 2 nitrogen and oxygen atoms in total. The molecule has 19 heavy (non-hydrogen) atoms. The first-order valence-corrected chi connectivity index (χ1v) is 7.28. The van der Waals surface area contributed by atoms with Gasteiger partial charge < -0.3 is 10.4 Å². The molecule has 0 radical (unpaired) electrons. The molecule has 2 unspecified atom stereocenters. The maximum atomic E-state index is 13.1. The van der Waals surface area contributed by atoms with Crippen molar-refractivity contribution in [3.63, 3.8) is 0 Å². The Morgan fingerprint density at radius 1 is 1.37 bits per heavy atom. The quantitative estimate of drug-likeness (QED) is 0.877. The summed E-state index contributed by atoms with van der Waals surface area (Å²) in [6.45, 7) is 2.39. The summed E-state index contributed by atoms with van der Waals surface area (Å²) in [5.74, 6) is -0.420. The van der Waals surface area contributed by atoms with E-state index in [4.69, 9.17) is 11.6 Å². The topological polar surface area (TPSA) is 32.3 Å². The van der Waals surface area contributed by atoms with Crippen LogP contribution in [0.3, 0.4) is 0 Å². The van der Waals surface area contributed by atoms with Crippen LogP contribution in [0.5, 0.6) is 0 Å². The number of nitrogens with one attached hydrogen (secondary N) is 1. The Labute approximate surface area is 120 Å². The average molecular weight is 300 g/mol. The van der Waals surface area contributed by atoms with Crippen LogP contribution in [0, 0.1) is 5.82 Å². The lowest BCUT2D eigenvalue weighted by molar-refractivity contribution is 0.171. The van der Waals surface area contributed by atoms with Crippen LogP contribution < -0.4 is 5.32 Å². The van der Waals surface area contributed by atoms with Crippen molar-refractivity contribution in [1.29, 1.82) is 0 Å². The van der Waals surface area contributed by atoms with Crippen molar-refractivity contribution >= 4 is 22.9 Å². The molecule has 0 spiro atoms. The first-order valence-electron chi connectivity index (χ1n) is 5.96. The molecule has 0 saturated heterocycles. The predicted molar refractivity (Wildman–Crippen MR) is 77.1 cm³/mol. The predicted octanol–water partition coefficient (Wildman–Crippen LogP) is 3.92. The Balaban J connectivity index is 1.93. The highest BCUT2D eigenvalue weighted by molar-refractivity contribution is 7.07. The molecule has 0 aliphatic heterocycles. The van der Waals surface area contributed by atoms with Crippen molar-refractivity contribution < 1.29 is 9.50 Å². The van der Waals surface area contributed by atoms with E-state index >= 15 is 0 Å². The van der Waals surface area contributed by atoms with Crippen molar-refractivity contribution in [2.45, 2.75) is 19.1 Å². The van der Waals surface area contributed by atoms with E-state index in [2.05, 4.69) is 5.32 Å². The Hall–Kier alpha value is -0.940. The van der Waals surface area contributed by atoms with Crippen LogP contribution in [0.15, 0.2) is 35.0 Å². The molecule has 0 aliphatic carbocycles. The number of aliphatic hydroxyl groups is 1. The van der Waals surface area contributed by atoms with Crippen LogP contribution >= 0.6 is 22.9 Å². The average Bonchev–Trinajstić information content (AvgIpc) is 2.92. The van der Waals surface area contributed by atoms with Crippen molar-refractivity contribution in [2.75, 3.05) is 6.54 Å². The van der Waals surface area contributed by atoms with Gasteiger partial charge in [-0.3, -0.25) is 0 Å². The van der Waals surface area contributed by atoms with Crippen molar-refractivity contribution in [2.24, 2.45) is 0 Å². The van der Waals surface area contributed by atoms with Crippen LogP contribution in [0.4, 0.5) is 4.39 Å². The molecule has 2 N–H and O–H groups in total. The van der Waals surface area contributed by atoms with Gasteiger partial charge in [0.1, 0.15) is 5.82 Å². The molecule has 0 saturated carbocycles. The third-order valence-electron chi connectivity index (χ3n) is 2.99. The van der Waals surface area contributed by atoms with Crippen LogP contribution in [0.1, 0.15) is 30.2 Å². The number of hydrogen-bond donors (Lipinski definition) is 2. The molecule has 0 bridgehead atoms. The normalized spacial score (nSPS) is 14.3. The van der Waals surface area contributed by atoms with Crippen LogP contribution in [0.25, 0.3) is 0 Å².